The molecule has 0 saturated carbocycles. The number of hydrogen-bond donors (Lipinski definition) is 1. The SMILES string of the molecule is Brc1cccnc1N1CCC(C2CCCN2)CC1. The van der Waals surface area contributed by atoms with Crippen LogP contribution in [0.5, 0.6) is 0 Å². The zero-order valence-corrected chi connectivity index (χ0v) is 12.2. The van der Waals surface area contributed by atoms with E-state index in [1.165, 1.54) is 32.2 Å². The van der Waals surface area contributed by atoms with Gasteiger partial charge < -0.3 is 10.2 Å². The molecule has 1 unspecified atom stereocenters. The highest BCUT2D eigenvalue weighted by Gasteiger charge is 2.29. The molecule has 3 rings (SSSR count). The minimum atomic E-state index is 0.777. The van der Waals surface area contributed by atoms with E-state index in [4.69, 9.17) is 0 Å². The number of anilines is 1. The first-order chi connectivity index (χ1) is 8.84. The van der Waals surface area contributed by atoms with E-state index >= 15 is 0 Å². The number of rotatable bonds is 2. The van der Waals surface area contributed by atoms with Crippen molar-refractivity contribution in [3.8, 4) is 0 Å². The van der Waals surface area contributed by atoms with Gasteiger partial charge >= 0.3 is 0 Å². The number of nitrogens with zero attached hydrogens (tertiary/aromatic N) is 2. The van der Waals surface area contributed by atoms with E-state index < -0.39 is 0 Å². The van der Waals surface area contributed by atoms with Gasteiger partial charge in [-0.3, -0.25) is 0 Å². The fourth-order valence-corrected chi connectivity index (χ4v) is 3.74. The van der Waals surface area contributed by atoms with Crippen LogP contribution < -0.4 is 10.2 Å². The first kappa shape index (κ1) is 12.4. The van der Waals surface area contributed by atoms with Crippen molar-refractivity contribution < 1.29 is 0 Å². The molecule has 18 heavy (non-hydrogen) atoms. The van der Waals surface area contributed by atoms with Crippen LogP contribution in [0.4, 0.5) is 5.82 Å². The van der Waals surface area contributed by atoms with Crippen molar-refractivity contribution in [2.24, 2.45) is 5.92 Å². The lowest BCUT2D eigenvalue weighted by molar-refractivity contribution is 0.318. The number of nitrogens with one attached hydrogen (secondary N) is 1. The molecule has 0 aliphatic carbocycles. The van der Waals surface area contributed by atoms with E-state index in [1.54, 1.807) is 0 Å². The predicted molar refractivity (Wildman–Crippen MR) is 77.9 cm³/mol. The second kappa shape index (κ2) is 5.57. The average molecular weight is 310 g/mol. The van der Waals surface area contributed by atoms with Gasteiger partial charge in [-0.05, 0) is 66.2 Å². The summed E-state index contributed by atoms with van der Waals surface area (Å²) in [6.45, 7) is 3.49. The van der Waals surface area contributed by atoms with E-state index in [9.17, 15) is 0 Å². The number of halogens is 1. The smallest absolute Gasteiger partial charge is 0.142 e. The van der Waals surface area contributed by atoms with Gasteiger partial charge in [-0.2, -0.15) is 0 Å². The Bertz CT molecular complexity index is 396. The molecule has 0 aromatic carbocycles. The van der Waals surface area contributed by atoms with Crippen LogP contribution in [0.3, 0.4) is 0 Å². The van der Waals surface area contributed by atoms with E-state index in [2.05, 4.69) is 37.2 Å². The van der Waals surface area contributed by atoms with E-state index in [0.717, 1.165) is 35.3 Å². The Labute approximate surface area is 117 Å². The van der Waals surface area contributed by atoms with Gasteiger partial charge in [0.15, 0.2) is 0 Å². The summed E-state index contributed by atoms with van der Waals surface area (Å²) in [5, 5.41) is 3.65. The molecule has 98 valence electrons. The fraction of sp³-hybridized carbons (Fsp3) is 0.643. The first-order valence-corrected chi connectivity index (χ1v) is 7.73. The molecular formula is C14H20BrN3. The molecular weight excluding hydrogens is 290 g/mol. The van der Waals surface area contributed by atoms with E-state index in [1.807, 2.05) is 12.3 Å². The molecule has 1 aromatic heterocycles. The third kappa shape index (κ3) is 2.54. The summed E-state index contributed by atoms with van der Waals surface area (Å²) in [7, 11) is 0. The molecule has 1 N–H and O–H groups in total. The summed E-state index contributed by atoms with van der Waals surface area (Å²) in [6, 6.07) is 4.83. The van der Waals surface area contributed by atoms with Gasteiger partial charge in [-0.1, -0.05) is 0 Å². The van der Waals surface area contributed by atoms with Gasteiger partial charge in [0.1, 0.15) is 5.82 Å². The minimum Gasteiger partial charge on any atom is -0.356 e. The van der Waals surface area contributed by atoms with Gasteiger partial charge in [0.05, 0.1) is 4.47 Å². The van der Waals surface area contributed by atoms with Gasteiger partial charge in [-0.15, -0.1) is 0 Å². The molecule has 0 radical (unpaired) electrons. The van der Waals surface area contributed by atoms with Crippen molar-refractivity contribution in [1.82, 2.24) is 10.3 Å². The quantitative estimate of drug-likeness (QED) is 0.910. The van der Waals surface area contributed by atoms with Gasteiger partial charge in [0.25, 0.3) is 0 Å². The lowest BCUT2D eigenvalue weighted by atomic mass is 9.88. The molecule has 0 amide bonds. The molecule has 2 aliphatic heterocycles. The highest BCUT2D eigenvalue weighted by molar-refractivity contribution is 9.10. The molecule has 1 aromatic rings. The van der Waals surface area contributed by atoms with Crippen molar-refractivity contribution in [1.29, 1.82) is 0 Å². The third-order valence-corrected chi connectivity index (χ3v) is 4.86. The lowest BCUT2D eigenvalue weighted by Crippen LogP contribution is -2.41. The second-order valence-electron chi connectivity index (χ2n) is 5.34. The lowest BCUT2D eigenvalue weighted by Gasteiger charge is -2.35. The summed E-state index contributed by atoms with van der Waals surface area (Å²) in [4.78, 5) is 6.90. The standard InChI is InChI=1S/C14H20BrN3/c15-12-3-1-8-17-14(12)18-9-5-11(6-10-18)13-4-2-7-16-13/h1,3,8,11,13,16H,2,4-7,9-10H2. The summed E-state index contributed by atoms with van der Waals surface area (Å²) in [5.74, 6) is 1.97. The summed E-state index contributed by atoms with van der Waals surface area (Å²) < 4.78 is 1.11. The van der Waals surface area contributed by atoms with Crippen LogP contribution in [-0.2, 0) is 0 Å². The van der Waals surface area contributed by atoms with E-state index in [0.29, 0.717) is 0 Å². The van der Waals surface area contributed by atoms with Gasteiger partial charge in [0, 0.05) is 25.3 Å². The molecule has 1 atom stereocenters. The second-order valence-corrected chi connectivity index (χ2v) is 6.19. The molecule has 0 spiro atoms. The first-order valence-electron chi connectivity index (χ1n) is 6.93. The third-order valence-electron chi connectivity index (χ3n) is 4.25. The number of hydrogen-bond acceptors (Lipinski definition) is 3. The van der Waals surface area contributed by atoms with Gasteiger partial charge in [-0.25, -0.2) is 4.98 Å². The number of pyridine rings is 1. The Morgan fingerprint density at radius 3 is 2.78 bits per heavy atom. The maximum atomic E-state index is 4.49. The minimum absolute atomic E-state index is 0.777. The molecule has 3 nitrogen and oxygen atoms in total. The molecule has 3 heterocycles. The Kier molecular flexibility index (Phi) is 3.85. The normalized spacial score (nSPS) is 25.6. The summed E-state index contributed by atoms with van der Waals surface area (Å²) in [5.41, 5.74) is 0. The van der Waals surface area contributed by atoms with Crippen LogP contribution >= 0.6 is 15.9 Å². The van der Waals surface area contributed by atoms with Crippen molar-refractivity contribution >= 4 is 21.7 Å². The van der Waals surface area contributed by atoms with Crippen molar-refractivity contribution in [3.05, 3.63) is 22.8 Å². The maximum Gasteiger partial charge on any atom is 0.142 e. The predicted octanol–water partition coefficient (Wildman–Crippen LogP) is 2.81. The van der Waals surface area contributed by atoms with Crippen molar-refractivity contribution in [2.75, 3.05) is 24.5 Å². The van der Waals surface area contributed by atoms with Crippen LogP contribution in [0.2, 0.25) is 0 Å². The molecule has 2 saturated heterocycles. The van der Waals surface area contributed by atoms with Crippen LogP contribution in [0.15, 0.2) is 22.8 Å². The number of aromatic nitrogens is 1. The Morgan fingerprint density at radius 2 is 2.11 bits per heavy atom. The van der Waals surface area contributed by atoms with E-state index in [-0.39, 0.29) is 0 Å². The van der Waals surface area contributed by atoms with Crippen LogP contribution in [0.1, 0.15) is 25.7 Å². The summed E-state index contributed by atoms with van der Waals surface area (Å²) in [6.07, 6.45) is 7.20. The van der Waals surface area contributed by atoms with Crippen LogP contribution in [0.25, 0.3) is 0 Å². The highest BCUT2D eigenvalue weighted by atomic mass is 79.9. The van der Waals surface area contributed by atoms with Crippen LogP contribution in [0, 0.1) is 5.92 Å². The summed E-state index contributed by atoms with van der Waals surface area (Å²) >= 11 is 3.60. The monoisotopic (exact) mass is 309 g/mol. The average Bonchev–Trinajstić information content (AvgIpc) is 2.94. The zero-order chi connectivity index (χ0) is 12.4. The topological polar surface area (TPSA) is 28.2 Å². The highest BCUT2D eigenvalue weighted by Crippen LogP contribution is 2.30. The maximum absolute atomic E-state index is 4.49. The Morgan fingerprint density at radius 1 is 1.28 bits per heavy atom. The van der Waals surface area contributed by atoms with Crippen molar-refractivity contribution in [2.45, 2.75) is 31.7 Å². The Balaban J connectivity index is 1.61. The largest absolute Gasteiger partial charge is 0.356 e. The van der Waals surface area contributed by atoms with Crippen molar-refractivity contribution in [3.63, 3.8) is 0 Å². The number of piperidine rings is 1. The molecule has 0 bridgehead atoms. The van der Waals surface area contributed by atoms with Gasteiger partial charge in [0.2, 0.25) is 0 Å². The molecule has 4 heteroatoms. The zero-order valence-electron chi connectivity index (χ0n) is 10.6. The molecule has 2 aliphatic rings. The molecule has 2 fully saturated rings. The Hall–Kier alpha value is -0.610. The van der Waals surface area contributed by atoms with Crippen LogP contribution in [-0.4, -0.2) is 30.7 Å². The fourth-order valence-electron chi connectivity index (χ4n) is 3.24.